The number of aliphatic imine (C=N–C) groups is 1. The van der Waals surface area contributed by atoms with Crippen molar-refractivity contribution in [2.24, 2.45) is 10.7 Å². The van der Waals surface area contributed by atoms with Crippen LogP contribution in [0.1, 0.15) is 24.4 Å². The topological polar surface area (TPSA) is 72.1 Å². The van der Waals surface area contributed by atoms with E-state index in [4.69, 9.17) is 10.5 Å². The van der Waals surface area contributed by atoms with Gasteiger partial charge < -0.3 is 20.5 Å². The fraction of sp³-hybridized carbons (Fsp3) is 0.381. The van der Waals surface area contributed by atoms with Crippen LogP contribution in [0.3, 0.4) is 0 Å². The summed E-state index contributed by atoms with van der Waals surface area (Å²) in [4.78, 5) is 6.84. The third kappa shape index (κ3) is 6.28. The Morgan fingerprint density at radius 1 is 1.13 bits per heavy atom. The summed E-state index contributed by atoms with van der Waals surface area (Å²) in [5.41, 5.74) is 7.63. The molecule has 0 aromatic heterocycles. The molecule has 0 saturated carbocycles. The van der Waals surface area contributed by atoms with Gasteiger partial charge in [0.25, 0.3) is 0 Å². The van der Waals surface area contributed by atoms with Crippen molar-refractivity contribution in [3.05, 3.63) is 54.1 Å². The van der Waals surface area contributed by atoms with Gasteiger partial charge in [0.1, 0.15) is 11.5 Å². The summed E-state index contributed by atoms with van der Waals surface area (Å²) in [6.45, 7) is 2.43. The summed E-state index contributed by atoms with van der Waals surface area (Å²) in [5, 5.41) is 2.90. The van der Waals surface area contributed by atoms with Gasteiger partial charge in [-0.1, -0.05) is 12.1 Å². The lowest BCUT2D eigenvalue weighted by Crippen LogP contribution is -2.30. The summed E-state index contributed by atoms with van der Waals surface area (Å²) >= 11 is 0. The van der Waals surface area contributed by atoms with Crippen LogP contribution in [-0.4, -0.2) is 44.0 Å². The first-order valence-corrected chi connectivity index (χ1v) is 9.65. The Hall–Kier alpha value is -2.94. The SMILES string of the molecule is COc1cccc(C(CN=C(N)Nc2ccc(OC(F)(F)F)cc2)N2CCCC2)c1. The van der Waals surface area contributed by atoms with E-state index in [2.05, 4.69) is 19.9 Å². The van der Waals surface area contributed by atoms with E-state index in [0.29, 0.717) is 12.2 Å². The van der Waals surface area contributed by atoms with Crippen LogP contribution in [0.4, 0.5) is 18.9 Å². The second-order valence-electron chi connectivity index (χ2n) is 6.96. The molecule has 1 unspecified atom stereocenters. The summed E-state index contributed by atoms with van der Waals surface area (Å²) in [6.07, 6.45) is -2.44. The van der Waals surface area contributed by atoms with Crippen LogP contribution in [-0.2, 0) is 0 Å². The number of ether oxygens (including phenoxy) is 2. The molecule has 0 bridgehead atoms. The number of halogens is 3. The first kappa shape index (κ1) is 21.8. The standard InChI is InChI=1S/C21H25F3N4O2/c1-29-18-6-4-5-15(13-18)19(28-11-2-3-12-28)14-26-20(25)27-16-7-9-17(10-8-16)30-21(22,23)24/h4-10,13,19H,2-3,11-12,14H2,1H3,(H3,25,26,27). The predicted octanol–water partition coefficient (Wildman–Crippen LogP) is 4.16. The van der Waals surface area contributed by atoms with Crippen molar-refractivity contribution >= 4 is 11.6 Å². The number of methoxy groups -OCH3 is 1. The molecule has 3 N–H and O–H groups in total. The molecule has 2 aromatic rings. The van der Waals surface area contributed by atoms with E-state index < -0.39 is 6.36 Å². The van der Waals surface area contributed by atoms with Gasteiger partial charge in [0, 0.05) is 5.69 Å². The van der Waals surface area contributed by atoms with E-state index in [-0.39, 0.29) is 17.8 Å². The van der Waals surface area contributed by atoms with Crippen LogP contribution in [0, 0.1) is 0 Å². The van der Waals surface area contributed by atoms with Crippen LogP contribution in [0.15, 0.2) is 53.5 Å². The van der Waals surface area contributed by atoms with E-state index >= 15 is 0 Å². The van der Waals surface area contributed by atoms with Crippen molar-refractivity contribution in [1.82, 2.24) is 4.90 Å². The molecule has 1 saturated heterocycles. The smallest absolute Gasteiger partial charge is 0.497 e. The largest absolute Gasteiger partial charge is 0.573 e. The Labute approximate surface area is 173 Å². The Morgan fingerprint density at radius 2 is 1.83 bits per heavy atom. The normalized spacial score (nSPS) is 16.3. The highest BCUT2D eigenvalue weighted by Gasteiger charge is 2.31. The molecule has 6 nitrogen and oxygen atoms in total. The van der Waals surface area contributed by atoms with E-state index in [1.54, 1.807) is 7.11 Å². The molecule has 1 aliphatic rings. The van der Waals surface area contributed by atoms with Crippen molar-refractivity contribution in [2.75, 3.05) is 32.1 Å². The summed E-state index contributed by atoms with van der Waals surface area (Å²) < 4.78 is 46.0. The second-order valence-corrected chi connectivity index (χ2v) is 6.96. The molecule has 0 radical (unpaired) electrons. The minimum atomic E-state index is -4.72. The predicted molar refractivity (Wildman–Crippen MR) is 110 cm³/mol. The molecule has 2 aromatic carbocycles. The number of anilines is 1. The van der Waals surface area contributed by atoms with E-state index in [9.17, 15) is 13.2 Å². The first-order chi connectivity index (χ1) is 14.3. The molecule has 9 heteroatoms. The summed E-state index contributed by atoms with van der Waals surface area (Å²) in [7, 11) is 1.63. The highest BCUT2D eigenvalue weighted by molar-refractivity contribution is 5.92. The zero-order chi connectivity index (χ0) is 21.6. The van der Waals surface area contributed by atoms with E-state index in [0.717, 1.165) is 37.2 Å². The van der Waals surface area contributed by atoms with Gasteiger partial charge in [0.05, 0.1) is 19.7 Å². The number of hydrogen-bond acceptors (Lipinski definition) is 4. The number of likely N-dealkylation sites (tertiary alicyclic amines) is 1. The van der Waals surface area contributed by atoms with Crippen LogP contribution in [0.5, 0.6) is 11.5 Å². The number of nitrogens with two attached hydrogens (primary N) is 1. The van der Waals surface area contributed by atoms with Crippen molar-refractivity contribution in [3.8, 4) is 11.5 Å². The lowest BCUT2D eigenvalue weighted by molar-refractivity contribution is -0.274. The molecule has 0 spiro atoms. The number of nitrogens with zero attached hydrogens (tertiary/aromatic N) is 2. The highest BCUT2D eigenvalue weighted by atomic mass is 19.4. The van der Waals surface area contributed by atoms with Crippen LogP contribution in [0.2, 0.25) is 0 Å². The minimum absolute atomic E-state index is 0.0607. The molecule has 1 fully saturated rings. The molecular formula is C21H25F3N4O2. The molecule has 1 atom stereocenters. The first-order valence-electron chi connectivity index (χ1n) is 9.65. The zero-order valence-electron chi connectivity index (χ0n) is 16.7. The molecule has 1 heterocycles. The number of nitrogens with one attached hydrogen (secondary N) is 1. The van der Waals surface area contributed by atoms with Gasteiger partial charge in [-0.15, -0.1) is 13.2 Å². The Balaban J connectivity index is 1.67. The van der Waals surface area contributed by atoms with Crippen LogP contribution < -0.4 is 20.5 Å². The summed E-state index contributed by atoms with van der Waals surface area (Å²) in [5.74, 6) is 0.676. The molecule has 3 rings (SSSR count). The third-order valence-electron chi connectivity index (χ3n) is 4.85. The fourth-order valence-corrected chi connectivity index (χ4v) is 3.45. The zero-order valence-corrected chi connectivity index (χ0v) is 16.7. The maximum atomic E-state index is 12.3. The van der Waals surface area contributed by atoms with Crippen molar-refractivity contribution in [2.45, 2.75) is 25.2 Å². The number of guanidine groups is 1. The van der Waals surface area contributed by atoms with Crippen molar-refractivity contribution < 1.29 is 22.6 Å². The van der Waals surface area contributed by atoms with Gasteiger partial charge >= 0.3 is 6.36 Å². The van der Waals surface area contributed by atoms with E-state index in [1.807, 2.05) is 24.3 Å². The maximum absolute atomic E-state index is 12.3. The number of rotatable bonds is 7. The monoisotopic (exact) mass is 422 g/mol. The lowest BCUT2D eigenvalue weighted by atomic mass is 10.1. The van der Waals surface area contributed by atoms with Gasteiger partial charge in [0.2, 0.25) is 0 Å². The molecule has 162 valence electrons. The Morgan fingerprint density at radius 3 is 2.47 bits per heavy atom. The maximum Gasteiger partial charge on any atom is 0.573 e. The second kappa shape index (κ2) is 9.71. The van der Waals surface area contributed by atoms with E-state index in [1.165, 1.54) is 24.3 Å². The average molecular weight is 422 g/mol. The number of benzene rings is 2. The molecule has 0 amide bonds. The molecule has 1 aliphatic heterocycles. The van der Waals surface area contributed by atoms with Gasteiger partial charge in [-0.3, -0.25) is 9.89 Å². The Bertz CT molecular complexity index is 850. The molecule has 0 aliphatic carbocycles. The van der Waals surface area contributed by atoms with Crippen molar-refractivity contribution in [1.29, 1.82) is 0 Å². The van der Waals surface area contributed by atoms with Crippen molar-refractivity contribution in [3.63, 3.8) is 0 Å². The lowest BCUT2D eigenvalue weighted by Gasteiger charge is -2.27. The van der Waals surface area contributed by atoms with Gasteiger partial charge in [-0.25, -0.2) is 0 Å². The number of hydrogen-bond donors (Lipinski definition) is 2. The highest BCUT2D eigenvalue weighted by Crippen LogP contribution is 2.28. The third-order valence-corrected chi connectivity index (χ3v) is 4.85. The Kier molecular flexibility index (Phi) is 7.04. The quantitative estimate of drug-likeness (QED) is 0.518. The molecular weight excluding hydrogens is 397 g/mol. The van der Waals surface area contributed by atoms with Gasteiger partial charge in [-0.05, 0) is 67.9 Å². The molecule has 30 heavy (non-hydrogen) atoms. The summed E-state index contributed by atoms with van der Waals surface area (Å²) in [6, 6.07) is 13.3. The fourth-order valence-electron chi connectivity index (χ4n) is 3.45. The van der Waals surface area contributed by atoms with Gasteiger partial charge in [-0.2, -0.15) is 0 Å². The van der Waals surface area contributed by atoms with Crippen LogP contribution in [0.25, 0.3) is 0 Å². The average Bonchev–Trinajstić information content (AvgIpc) is 3.23. The van der Waals surface area contributed by atoms with Gasteiger partial charge in [0.15, 0.2) is 5.96 Å². The van der Waals surface area contributed by atoms with Crippen LogP contribution >= 0.6 is 0 Å². The minimum Gasteiger partial charge on any atom is -0.497 e. The number of alkyl halides is 3.